The maximum absolute atomic E-state index is 2.77. The number of piperidine rings is 2. The third-order valence-electron chi connectivity index (χ3n) is 8.68. The van der Waals surface area contributed by atoms with Gasteiger partial charge >= 0.3 is 0 Å². The van der Waals surface area contributed by atoms with Crippen molar-refractivity contribution in [1.29, 1.82) is 0 Å². The van der Waals surface area contributed by atoms with Crippen LogP contribution in [0, 0.1) is 23.7 Å². The second-order valence-corrected chi connectivity index (χ2v) is 12.9. The van der Waals surface area contributed by atoms with Crippen molar-refractivity contribution in [1.82, 2.24) is 19.6 Å². The van der Waals surface area contributed by atoms with Gasteiger partial charge in [0.05, 0.1) is 0 Å². The van der Waals surface area contributed by atoms with E-state index in [0.717, 1.165) is 47.8 Å². The highest BCUT2D eigenvalue weighted by Gasteiger charge is 2.33. The summed E-state index contributed by atoms with van der Waals surface area (Å²) in [6, 6.07) is 3.13. The minimum atomic E-state index is 0.727. The molecule has 0 aromatic rings. The smallest absolute Gasteiger partial charge is 0.0235 e. The molecular weight excluding hydrogens is 392 g/mol. The zero-order chi connectivity index (χ0) is 23.4. The largest absolute Gasteiger partial charge is 0.299 e. The quantitative estimate of drug-likeness (QED) is 0.607. The second kappa shape index (κ2) is 12.0. The maximum Gasteiger partial charge on any atom is 0.0235 e. The van der Waals surface area contributed by atoms with Gasteiger partial charge in [0.15, 0.2) is 0 Å². The van der Waals surface area contributed by atoms with Crippen molar-refractivity contribution in [3.05, 3.63) is 0 Å². The summed E-state index contributed by atoms with van der Waals surface area (Å²) < 4.78 is 0. The van der Waals surface area contributed by atoms with Crippen LogP contribution in [0.5, 0.6) is 0 Å². The van der Waals surface area contributed by atoms with Crippen molar-refractivity contribution in [2.45, 2.75) is 105 Å². The second-order valence-electron chi connectivity index (χ2n) is 12.9. The van der Waals surface area contributed by atoms with E-state index >= 15 is 0 Å². The number of hydrogen-bond donors (Lipinski definition) is 0. The average molecular weight is 449 g/mol. The lowest BCUT2D eigenvalue weighted by atomic mass is 9.91. The highest BCUT2D eigenvalue weighted by Crippen LogP contribution is 2.28. The number of likely N-dealkylation sites (tertiary alicyclic amines) is 4. The molecule has 0 spiro atoms. The van der Waals surface area contributed by atoms with Crippen LogP contribution in [0.4, 0.5) is 0 Å². The van der Waals surface area contributed by atoms with Gasteiger partial charge in [-0.2, -0.15) is 0 Å². The van der Waals surface area contributed by atoms with Gasteiger partial charge in [-0.05, 0) is 77.0 Å². The van der Waals surface area contributed by atoms with Crippen molar-refractivity contribution >= 4 is 0 Å². The molecule has 4 fully saturated rings. The fourth-order valence-electron chi connectivity index (χ4n) is 7.09. The van der Waals surface area contributed by atoms with Gasteiger partial charge in [0.1, 0.15) is 0 Å². The van der Waals surface area contributed by atoms with Crippen LogP contribution >= 0.6 is 0 Å². The molecule has 6 unspecified atom stereocenters. The summed E-state index contributed by atoms with van der Waals surface area (Å²) in [4.78, 5) is 10.8. The first-order valence-corrected chi connectivity index (χ1v) is 14.1. The number of hydrogen-bond acceptors (Lipinski definition) is 4. The Kier molecular flexibility index (Phi) is 9.92. The standard InChI is InChI=1S/2C14H28N2/c2*1-11(2)15-6-5-14(10-15)16-8-12(3)7-13(4)9-16/h2*11-14H,5-10H2,1-4H3. The summed E-state index contributed by atoms with van der Waals surface area (Å²) in [5, 5.41) is 0. The zero-order valence-corrected chi connectivity index (χ0v) is 22.9. The molecule has 4 heteroatoms. The van der Waals surface area contributed by atoms with Crippen LogP contribution in [-0.4, -0.2) is 96.1 Å². The molecule has 32 heavy (non-hydrogen) atoms. The molecule has 4 nitrogen and oxygen atoms in total. The van der Waals surface area contributed by atoms with Gasteiger partial charge in [0, 0.05) is 76.5 Å². The molecule has 0 bridgehead atoms. The van der Waals surface area contributed by atoms with E-state index < -0.39 is 0 Å². The minimum Gasteiger partial charge on any atom is -0.299 e. The maximum atomic E-state index is 2.77. The molecule has 0 amide bonds. The zero-order valence-electron chi connectivity index (χ0n) is 22.9. The predicted octanol–water partition coefficient (Wildman–Crippen LogP) is 4.89. The average Bonchev–Trinajstić information content (AvgIpc) is 3.37. The summed E-state index contributed by atoms with van der Waals surface area (Å²) in [5.41, 5.74) is 0. The summed E-state index contributed by atoms with van der Waals surface area (Å²) >= 11 is 0. The van der Waals surface area contributed by atoms with Crippen LogP contribution in [-0.2, 0) is 0 Å². The Balaban J connectivity index is 0.000000181. The molecule has 4 heterocycles. The third-order valence-corrected chi connectivity index (χ3v) is 8.68. The van der Waals surface area contributed by atoms with Gasteiger partial charge in [0.2, 0.25) is 0 Å². The molecule has 0 saturated carbocycles. The summed E-state index contributed by atoms with van der Waals surface area (Å²) in [6.07, 6.45) is 5.63. The van der Waals surface area contributed by atoms with Gasteiger partial charge in [-0.15, -0.1) is 0 Å². The van der Waals surface area contributed by atoms with E-state index in [1.54, 1.807) is 0 Å². The van der Waals surface area contributed by atoms with E-state index in [1.165, 1.54) is 78.0 Å². The Morgan fingerprint density at radius 1 is 0.500 bits per heavy atom. The molecule has 6 atom stereocenters. The van der Waals surface area contributed by atoms with E-state index in [2.05, 4.69) is 75.0 Å². The molecule has 4 rings (SSSR count). The van der Waals surface area contributed by atoms with Gasteiger partial charge in [-0.3, -0.25) is 19.6 Å². The lowest BCUT2D eigenvalue weighted by Gasteiger charge is -2.39. The molecule has 0 aliphatic carbocycles. The van der Waals surface area contributed by atoms with Crippen LogP contribution in [0.2, 0.25) is 0 Å². The van der Waals surface area contributed by atoms with Gasteiger partial charge in [-0.1, -0.05) is 27.7 Å². The number of nitrogens with zero attached hydrogens (tertiary/aromatic N) is 4. The molecular formula is C28H56N4. The van der Waals surface area contributed by atoms with Crippen LogP contribution in [0.15, 0.2) is 0 Å². The van der Waals surface area contributed by atoms with Crippen molar-refractivity contribution in [2.75, 3.05) is 52.4 Å². The molecule has 0 radical (unpaired) electrons. The first-order chi connectivity index (χ1) is 15.1. The van der Waals surface area contributed by atoms with Gasteiger partial charge in [0.25, 0.3) is 0 Å². The van der Waals surface area contributed by atoms with Crippen molar-refractivity contribution in [2.24, 2.45) is 23.7 Å². The van der Waals surface area contributed by atoms with E-state index in [1.807, 2.05) is 0 Å². The minimum absolute atomic E-state index is 0.727. The molecule has 4 aliphatic heterocycles. The van der Waals surface area contributed by atoms with E-state index in [4.69, 9.17) is 0 Å². The molecule has 0 N–H and O–H groups in total. The fraction of sp³-hybridized carbons (Fsp3) is 1.00. The molecule has 4 saturated heterocycles. The van der Waals surface area contributed by atoms with Crippen molar-refractivity contribution in [3.8, 4) is 0 Å². The van der Waals surface area contributed by atoms with Crippen LogP contribution in [0.25, 0.3) is 0 Å². The van der Waals surface area contributed by atoms with Crippen LogP contribution in [0.3, 0.4) is 0 Å². The Morgan fingerprint density at radius 2 is 0.812 bits per heavy atom. The summed E-state index contributed by atoms with van der Waals surface area (Å²) in [5.74, 6) is 3.60. The topological polar surface area (TPSA) is 13.0 Å². The monoisotopic (exact) mass is 448 g/mol. The molecule has 0 aromatic carbocycles. The Labute approximate surface area is 201 Å². The van der Waals surface area contributed by atoms with Crippen molar-refractivity contribution in [3.63, 3.8) is 0 Å². The van der Waals surface area contributed by atoms with E-state index in [0.29, 0.717) is 0 Å². The first kappa shape index (κ1) is 26.4. The van der Waals surface area contributed by atoms with Gasteiger partial charge in [-0.25, -0.2) is 0 Å². The first-order valence-electron chi connectivity index (χ1n) is 14.1. The normalized spacial score (nSPS) is 38.4. The molecule has 188 valence electrons. The fourth-order valence-corrected chi connectivity index (χ4v) is 7.09. The van der Waals surface area contributed by atoms with Crippen LogP contribution < -0.4 is 0 Å². The molecule has 4 aliphatic rings. The van der Waals surface area contributed by atoms with E-state index in [-0.39, 0.29) is 0 Å². The van der Waals surface area contributed by atoms with Gasteiger partial charge < -0.3 is 0 Å². The van der Waals surface area contributed by atoms with E-state index in [9.17, 15) is 0 Å². The SMILES string of the molecule is CC1CC(C)CN(C2CCN(C(C)C)C2)C1.CC1CC(C)CN(C2CCN(C(C)C)C2)C1. The summed E-state index contributed by atoms with van der Waals surface area (Å²) in [7, 11) is 0. The third kappa shape index (κ3) is 7.42. The molecule has 0 aromatic heterocycles. The lowest BCUT2D eigenvalue weighted by molar-refractivity contribution is 0.0952. The highest BCUT2D eigenvalue weighted by molar-refractivity contribution is 4.89. The summed E-state index contributed by atoms with van der Waals surface area (Å²) in [6.45, 7) is 29.5. The van der Waals surface area contributed by atoms with Crippen molar-refractivity contribution < 1.29 is 0 Å². The Hall–Kier alpha value is -0.160. The number of rotatable bonds is 4. The Morgan fingerprint density at radius 3 is 1.06 bits per heavy atom. The Bertz CT molecular complexity index is 482. The highest BCUT2D eigenvalue weighted by atomic mass is 15.3. The lowest BCUT2D eigenvalue weighted by Crippen LogP contribution is -2.46. The van der Waals surface area contributed by atoms with Crippen LogP contribution in [0.1, 0.15) is 81.1 Å². The predicted molar refractivity (Wildman–Crippen MR) is 139 cm³/mol.